The van der Waals surface area contributed by atoms with Gasteiger partial charge in [0.05, 0.1) is 37.1 Å². The van der Waals surface area contributed by atoms with E-state index in [0.717, 1.165) is 12.8 Å². The quantitative estimate of drug-likeness (QED) is 0.568. The molecule has 4 atom stereocenters. The van der Waals surface area contributed by atoms with Crippen LogP contribution in [0.1, 0.15) is 56.2 Å². The lowest BCUT2D eigenvalue weighted by molar-refractivity contribution is -0.183. The first-order valence-corrected chi connectivity index (χ1v) is 12.5. The molecule has 0 aromatic heterocycles. The van der Waals surface area contributed by atoms with E-state index in [1.807, 2.05) is 0 Å². The predicted octanol–water partition coefficient (Wildman–Crippen LogP) is 4.27. The molecule has 9 heteroatoms. The van der Waals surface area contributed by atoms with Gasteiger partial charge in [0.2, 0.25) is 0 Å². The van der Waals surface area contributed by atoms with Crippen molar-refractivity contribution in [2.75, 3.05) is 0 Å². The Morgan fingerprint density at radius 2 is 1.81 bits per heavy atom. The summed E-state index contributed by atoms with van der Waals surface area (Å²) < 4.78 is 53.3. The minimum Gasteiger partial charge on any atom is -0.370 e. The molecule has 196 valence electrons. The predicted molar refractivity (Wildman–Crippen MR) is 128 cm³/mol. The zero-order valence-corrected chi connectivity index (χ0v) is 20.8. The number of halogens is 2. The molecule has 1 N–H and O–H groups in total. The normalized spacial score (nSPS) is 28.4. The Morgan fingerprint density at radius 3 is 2.51 bits per heavy atom. The molecule has 3 fully saturated rings. The topological polar surface area (TPSA) is 89.8 Å². The number of carbonyl (C=O) groups is 1. The molecule has 1 heterocycles. The highest BCUT2D eigenvalue weighted by Gasteiger charge is 2.58. The third kappa shape index (κ3) is 5.53. The van der Waals surface area contributed by atoms with Crippen LogP contribution < -0.4 is 5.32 Å². The molecular formula is C28H30F2N2O5. The van der Waals surface area contributed by atoms with Crippen molar-refractivity contribution in [2.45, 2.75) is 88.5 Å². The Kier molecular flexibility index (Phi) is 7.03. The first-order chi connectivity index (χ1) is 17.7. The summed E-state index contributed by atoms with van der Waals surface area (Å²) in [6.07, 6.45) is 0.251. The van der Waals surface area contributed by atoms with Crippen molar-refractivity contribution >= 4 is 5.91 Å². The van der Waals surface area contributed by atoms with E-state index in [-0.39, 0.29) is 43.6 Å². The van der Waals surface area contributed by atoms with Gasteiger partial charge in [-0.1, -0.05) is 24.3 Å². The summed E-state index contributed by atoms with van der Waals surface area (Å²) in [4.78, 5) is 13.7. The van der Waals surface area contributed by atoms with Crippen LogP contribution in [0.2, 0.25) is 0 Å². The van der Waals surface area contributed by atoms with Gasteiger partial charge in [-0.15, -0.1) is 0 Å². The lowest BCUT2D eigenvalue weighted by Crippen LogP contribution is -2.60. The van der Waals surface area contributed by atoms with Gasteiger partial charge in [-0.25, -0.2) is 8.78 Å². The van der Waals surface area contributed by atoms with Gasteiger partial charge in [0, 0.05) is 24.4 Å². The zero-order valence-electron chi connectivity index (χ0n) is 20.8. The van der Waals surface area contributed by atoms with Gasteiger partial charge in [-0.05, 0) is 50.5 Å². The summed E-state index contributed by atoms with van der Waals surface area (Å²) in [5.74, 6) is -2.64. The van der Waals surface area contributed by atoms with Gasteiger partial charge in [0.15, 0.2) is 11.4 Å². The number of hydrogen-bond donors (Lipinski definition) is 1. The van der Waals surface area contributed by atoms with Crippen LogP contribution in [0.4, 0.5) is 8.78 Å². The van der Waals surface area contributed by atoms with E-state index >= 15 is 0 Å². The molecule has 2 aromatic rings. The van der Waals surface area contributed by atoms with Gasteiger partial charge in [-0.2, -0.15) is 5.26 Å². The Bertz CT molecular complexity index is 1190. The van der Waals surface area contributed by atoms with Crippen molar-refractivity contribution in [3.05, 3.63) is 70.8 Å². The highest BCUT2D eigenvalue weighted by atomic mass is 19.1. The Labute approximate surface area is 214 Å². The van der Waals surface area contributed by atoms with Crippen molar-refractivity contribution in [3.63, 3.8) is 0 Å². The van der Waals surface area contributed by atoms with Crippen LogP contribution >= 0.6 is 0 Å². The molecule has 7 nitrogen and oxygen atoms in total. The van der Waals surface area contributed by atoms with Crippen LogP contribution in [0.15, 0.2) is 42.5 Å². The first-order valence-electron chi connectivity index (χ1n) is 12.5. The fourth-order valence-corrected chi connectivity index (χ4v) is 5.08. The molecule has 2 saturated carbocycles. The number of nitrogens with one attached hydrogen (secondary N) is 1. The third-order valence-electron chi connectivity index (χ3n) is 7.12. The molecule has 1 amide bonds. The monoisotopic (exact) mass is 512 g/mol. The number of benzene rings is 2. The summed E-state index contributed by atoms with van der Waals surface area (Å²) >= 11 is 0. The maximum absolute atomic E-state index is 14.3. The fourth-order valence-electron chi connectivity index (χ4n) is 5.08. The van der Waals surface area contributed by atoms with Crippen LogP contribution in [0, 0.1) is 23.0 Å². The molecule has 5 rings (SSSR count). The van der Waals surface area contributed by atoms with Crippen molar-refractivity contribution < 1.29 is 32.5 Å². The first kappa shape index (κ1) is 25.7. The second kappa shape index (κ2) is 10.1. The van der Waals surface area contributed by atoms with E-state index in [0.29, 0.717) is 11.1 Å². The fraction of sp³-hybridized carbons (Fsp3) is 0.500. The minimum atomic E-state index is -1.35. The van der Waals surface area contributed by atoms with Gasteiger partial charge >= 0.3 is 0 Å². The number of hydrogen-bond acceptors (Lipinski definition) is 6. The van der Waals surface area contributed by atoms with Crippen molar-refractivity contribution in [2.24, 2.45) is 0 Å². The maximum atomic E-state index is 14.3. The second-order valence-corrected chi connectivity index (χ2v) is 10.4. The minimum absolute atomic E-state index is 0.0259. The van der Waals surface area contributed by atoms with E-state index < -0.39 is 41.3 Å². The second-order valence-electron chi connectivity index (χ2n) is 10.4. The molecule has 0 bridgehead atoms. The summed E-state index contributed by atoms with van der Waals surface area (Å²) in [6, 6.07) is 12.9. The lowest BCUT2D eigenvalue weighted by atomic mass is 9.78. The van der Waals surface area contributed by atoms with E-state index in [1.54, 1.807) is 38.1 Å². The van der Waals surface area contributed by atoms with Gasteiger partial charge in [0.1, 0.15) is 17.7 Å². The molecular weight excluding hydrogens is 482 g/mol. The number of fused-ring (bicyclic) bond motifs is 1. The van der Waals surface area contributed by atoms with Crippen LogP contribution in [-0.4, -0.2) is 41.6 Å². The molecule has 1 aliphatic heterocycles. The molecule has 0 unspecified atom stereocenters. The number of amides is 1. The van der Waals surface area contributed by atoms with Crippen LogP contribution in [0.25, 0.3) is 0 Å². The third-order valence-corrected chi connectivity index (χ3v) is 7.12. The summed E-state index contributed by atoms with van der Waals surface area (Å²) in [7, 11) is 0. The van der Waals surface area contributed by atoms with E-state index in [2.05, 4.69) is 11.4 Å². The Balaban J connectivity index is 1.44. The van der Waals surface area contributed by atoms with E-state index in [9.17, 15) is 18.8 Å². The lowest BCUT2D eigenvalue weighted by Gasteiger charge is -2.43. The van der Waals surface area contributed by atoms with Gasteiger partial charge in [-0.3, -0.25) is 4.79 Å². The Hall–Kier alpha value is -2.90. The number of carbonyl (C=O) groups excluding carboxylic acids is 1. The number of nitriles is 1. The molecule has 0 radical (unpaired) electrons. The molecule has 1 saturated heterocycles. The average Bonchev–Trinajstić information content (AvgIpc) is 3.62. The van der Waals surface area contributed by atoms with E-state index in [4.69, 9.17) is 18.9 Å². The van der Waals surface area contributed by atoms with E-state index in [1.165, 1.54) is 18.2 Å². The van der Waals surface area contributed by atoms with Crippen LogP contribution in [0.3, 0.4) is 0 Å². The highest BCUT2D eigenvalue weighted by Crippen LogP contribution is 2.44. The van der Waals surface area contributed by atoms with Gasteiger partial charge < -0.3 is 24.3 Å². The summed E-state index contributed by atoms with van der Waals surface area (Å²) in [5.41, 5.74) is -0.437. The molecule has 2 aromatic carbocycles. The van der Waals surface area contributed by atoms with Crippen molar-refractivity contribution in [1.29, 1.82) is 5.26 Å². The standard InChI is InChI=1S/C28H30F2N2O5/c1-27(2)36-24-13-28(26(33)32-19-10-11-19,35-15-18-7-4-3-6-17(18)14-31)12-23(25(24)37-27)34-16-20-21(29)8-5-9-22(20)30/h3-9,19,23-25H,10-13,15-16H2,1-2H3,(H,32,33)/t23-,24-,25+,28-/m1/s1. The average molecular weight is 513 g/mol. The smallest absolute Gasteiger partial charge is 0.252 e. The van der Waals surface area contributed by atoms with Crippen LogP contribution in [-0.2, 0) is 37.0 Å². The summed E-state index contributed by atoms with van der Waals surface area (Å²) in [5, 5.41) is 12.5. The largest absolute Gasteiger partial charge is 0.370 e. The summed E-state index contributed by atoms with van der Waals surface area (Å²) in [6.45, 7) is 3.23. The van der Waals surface area contributed by atoms with Crippen LogP contribution in [0.5, 0.6) is 0 Å². The molecule has 0 spiro atoms. The van der Waals surface area contributed by atoms with Gasteiger partial charge in [0.25, 0.3) is 5.91 Å². The zero-order chi connectivity index (χ0) is 26.2. The van der Waals surface area contributed by atoms with Crippen molar-refractivity contribution in [3.8, 4) is 6.07 Å². The number of ether oxygens (including phenoxy) is 4. The molecule has 2 aliphatic carbocycles. The number of rotatable bonds is 8. The SMILES string of the molecule is CC1(C)O[C@H]2[C@H](OCc3c(F)cccc3F)C[C@](OCc3ccccc3C#N)(C(=O)NC3CC3)C[C@H]2O1. The molecule has 3 aliphatic rings. The number of nitrogens with zero attached hydrogens (tertiary/aromatic N) is 1. The Morgan fingerprint density at radius 1 is 1.08 bits per heavy atom. The molecule has 37 heavy (non-hydrogen) atoms. The maximum Gasteiger partial charge on any atom is 0.252 e. The van der Waals surface area contributed by atoms with Crippen molar-refractivity contribution in [1.82, 2.24) is 5.32 Å². The highest BCUT2D eigenvalue weighted by molar-refractivity contribution is 5.86.